The van der Waals surface area contributed by atoms with Crippen molar-refractivity contribution in [3.05, 3.63) is 29.8 Å². The molecule has 0 bridgehead atoms. The van der Waals surface area contributed by atoms with Crippen molar-refractivity contribution in [2.45, 2.75) is 80.1 Å². The molecule has 3 N–H and O–H groups in total. The number of hydrogen-bond donors (Lipinski definition) is 3. The van der Waals surface area contributed by atoms with E-state index >= 15 is 0 Å². The average Bonchev–Trinajstić information content (AvgIpc) is 2.76. The molecule has 12 heteroatoms. The summed E-state index contributed by atoms with van der Waals surface area (Å²) >= 11 is 0. The molecule has 0 aliphatic carbocycles. The molecule has 0 amide bonds. The monoisotopic (exact) mass is 480 g/mol. The SMILES string of the molecule is CCC[N-][P+]1(NCCC)[N-][P+]([N-]CCC)(NCCC)[N-][P+]([N-]CCC)(NCCC)[N-]1. The summed E-state index contributed by atoms with van der Waals surface area (Å²) in [5.41, 5.74) is 0. The lowest BCUT2D eigenvalue weighted by Crippen LogP contribution is -2.28. The molecule has 1 aliphatic rings. The molecule has 0 aromatic heterocycles. The van der Waals surface area contributed by atoms with E-state index in [1.807, 2.05) is 0 Å². The highest BCUT2D eigenvalue weighted by atomic mass is 31.3. The van der Waals surface area contributed by atoms with E-state index in [4.69, 9.17) is 29.8 Å². The van der Waals surface area contributed by atoms with Crippen LogP contribution in [0.5, 0.6) is 0 Å². The van der Waals surface area contributed by atoms with Gasteiger partial charge in [-0.25, -0.2) is 15.3 Å². The fourth-order valence-electron chi connectivity index (χ4n) is 2.59. The zero-order valence-electron chi connectivity index (χ0n) is 20.0. The van der Waals surface area contributed by atoms with Crippen molar-refractivity contribution in [2.24, 2.45) is 0 Å². The van der Waals surface area contributed by atoms with Crippen LogP contribution in [-0.4, -0.2) is 39.3 Å². The largest absolute Gasteiger partial charge is 0.495 e. The van der Waals surface area contributed by atoms with Crippen LogP contribution in [0.2, 0.25) is 0 Å². The summed E-state index contributed by atoms with van der Waals surface area (Å²) in [4.78, 5) is 15.8. The molecule has 0 spiro atoms. The van der Waals surface area contributed by atoms with Gasteiger partial charge in [-0.05, 0) is 19.3 Å². The lowest BCUT2D eigenvalue weighted by Gasteiger charge is -2.77. The average molecular weight is 481 g/mol. The summed E-state index contributed by atoms with van der Waals surface area (Å²) in [5, 5.41) is 26.1. The van der Waals surface area contributed by atoms with E-state index in [1.54, 1.807) is 0 Å². The highest BCUT2D eigenvalue weighted by Gasteiger charge is 2.34. The summed E-state index contributed by atoms with van der Waals surface area (Å²) in [5.74, 6) is 0. The minimum Gasteiger partial charge on any atom is -0.495 e. The Kier molecular flexibility index (Phi) is 15.2. The highest BCUT2D eigenvalue weighted by molar-refractivity contribution is 8.15. The molecule has 0 atom stereocenters. The first-order valence-corrected chi connectivity index (χ1v) is 16.7. The van der Waals surface area contributed by atoms with Crippen LogP contribution < -0.4 is 15.3 Å². The minimum absolute atomic E-state index is 0.737. The van der Waals surface area contributed by atoms with Crippen molar-refractivity contribution in [2.75, 3.05) is 39.3 Å². The third-order valence-corrected chi connectivity index (χ3v) is 13.7. The van der Waals surface area contributed by atoms with Gasteiger partial charge in [0, 0.05) is 19.6 Å². The third-order valence-electron chi connectivity index (χ3n) is 4.03. The van der Waals surface area contributed by atoms with Crippen LogP contribution in [0.25, 0.3) is 29.8 Å². The molecule has 0 radical (unpaired) electrons. The smallest absolute Gasteiger partial charge is 0.0264 e. The van der Waals surface area contributed by atoms with Gasteiger partial charge in [0.15, 0.2) is 0 Å². The van der Waals surface area contributed by atoms with Crippen molar-refractivity contribution >= 4 is 23.6 Å². The van der Waals surface area contributed by atoms with E-state index in [9.17, 15) is 0 Å². The molecule has 1 rings (SSSR count). The lowest BCUT2D eigenvalue weighted by molar-refractivity contribution is 0.852. The second-order valence-corrected chi connectivity index (χ2v) is 14.6. The summed E-state index contributed by atoms with van der Waals surface area (Å²) in [6.07, 6.45) is 5.93. The second kappa shape index (κ2) is 15.7. The molecule has 1 saturated heterocycles. The van der Waals surface area contributed by atoms with Gasteiger partial charge in [-0.15, -0.1) is 43.2 Å². The van der Waals surface area contributed by atoms with Gasteiger partial charge in [-0.3, -0.25) is 0 Å². The van der Waals surface area contributed by atoms with Crippen molar-refractivity contribution in [3.8, 4) is 0 Å². The number of nitrogens with zero attached hydrogens (tertiary/aromatic N) is 6. The van der Waals surface area contributed by atoms with Crippen LogP contribution in [0.3, 0.4) is 0 Å². The minimum atomic E-state index is -2.51. The van der Waals surface area contributed by atoms with Crippen molar-refractivity contribution in [1.29, 1.82) is 0 Å². The van der Waals surface area contributed by atoms with Crippen LogP contribution >= 0.6 is 23.6 Å². The Morgan fingerprint density at radius 3 is 0.933 bits per heavy atom. The van der Waals surface area contributed by atoms with E-state index in [0.29, 0.717) is 0 Å². The zero-order valence-corrected chi connectivity index (χ0v) is 22.7. The summed E-state index contributed by atoms with van der Waals surface area (Å²) in [7, 11) is -7.53. The topological polar surface area (TPSA) is 121 Å². The van der Waals surface area contributed by atoms with Gasteiger partial charge in [-0.1, -0.05) is 60.8 Å². The predicted molar refractivity (Wildman–Crippen MR) is 141 cm³/mol. The first-order valence-electron chi connectivity index (χ1n) is 11.7. The Bertz CT molecular complexity index is 347. The Morgan fingerprint density at radius 1 is 0.467 bits per heavy atom. The second-order valence-electron chi connectivity index (χ2n) is 7.29. The first-order chi connectivity index (χ1) is 14.5. The molecule has 1 fully saturated rings. The summed E-state index contributed by atoms with van der Waals surface area (Å²) < 4.78 is 0. The van der Waals surface area contributed by atoms with E-state index in [-0.39, 0.29) is 0 Å². The van der Waals surface area contributed by atoms with Gasteiger partial charge in [0.1, 0.15) is 0 Å². The Morgan fingerprint density at radius 2 is 0.733 bits per heavy atom. The fourth-order valence-corrected chi connectivity index (χ4v) is 14.3. The standard InChI is InChI=1S/C18H45N9P3/c1-7-13-19-28(20-14-8-2)25-29(21-15-9-3,22-16-10-4)27-30(26-28,23-17-11-5)24-18-12-6/h19,21,23H,7-18H2,1-6H3/q-3. The quantitative estimate of drug-likeness (QED) is 0.170. The summed E-state index contributed by atoms with van der Waals surface area (Å²) in [6.45, 7) is 17.6. The molecule has 0 unspecified atom stereocenters. The van der Waals surface area contributed by atoms with Gasteiger partial charge >= 0.3 is 0 Å². The molecule has 30 heavy (non-hydrogen) atoms. The lowest BCUT2D eigenvalue weighted by atomic mass is 10.5. The van der Waals surface area contributed by atoms with Gasteiger partial charge < -0.3 is 29.8 Å². The van der Waals surface area contributed by atoms with Crippen LogP contribution in [0, 0.1) is 0 Å². The molecular weight excluding hydrogens is 435 g/mol. The van der Waals surface area contributed by atoms with E-state index < -0.39 is 23.6 Å². The normalized spacial score (nSPS) is 29.4. The maximum atomic E-state index is 5.27. The van der Waals surface area contributed by atoms with Gasteiger partial charge in [-0.2, -0.15) is 0 Å². The fraction of sp³-hybridized carbons (Fsp3) is 1.00. The Labute approximate surface area is 188 Å². The predicted octanol–water partition coefficient (Wildman–Crippen LogP) is 8.50. The van der Waals surface area contributed by atoms with Crippen LogP contribution in [-0.2, 0) is 0 Å². The molecule has 0 saturated carbocycles. The Balaban J connectivity index is 3.38. The molecule has 0 aromatic rings. The van der Waals surface area contributed by atoms with Gasteiger partial charge in [0.05, 0.1) is 0 Å². The molecule has 1 heterocycles. The first kappa shape index (κ1) is 29.0. The van der Waals surface area contributed by atoms with Crippen molar-refractivity contribution < 1.29 is 0 Å². The Hall–Kier alpha value is 0.930. The van der Waals surface area contributed by atoms with Gasteiger partial charge in [0.2, 0.25) is 0 Å². The van der Waals surface area contributed by atoms with Gasteiger partial charge in [0.25, 0.3) is 0 Å². The highest BCUT2D eigenvalue weighted by Crippen LogP contribution is 3.04. The molecule has 9 nitrogen and oxygen atoms in total. The van der Waals surface area contributed by atoms with E-state index in [0.717, 1.165) is 77.8 Å². The molecular formula is C18H45N9P3-3. The third kappa shape index (κ3) is 9.43. The van der Waals surface area contributed by atoms with Crippen molar-refractivity contribution in [1.82, 2.24) is 15.3 Å². The van der Waals surface area contributed by atoms with Crippen LogP contribution in [0.1, 0.15) is 80.1 Å². The molecule has 1 aliphatic heterocycles. The number of nitrogens with one attached hydrogen (secondary N) is 3. The van der Waals surface area contributed by atoms with Crippen molar-refractivity contribution in [3.63, 3.8) is 0 Å². The molecule has 180 valence electrons. The zero-order chi connectivity index (χ0) is 22.3. The van der Waals surface area contributed by atoms with E-state index in [1.165, 1.54) is 0 Å². The number of hydrogen-bond acceptors (Lipinski definition) is 3. The van der Waals surface area contributed by atoms with E-state index in [2.05, 4.69) is 56.8 Å². The maximum Gasteiger partial charge on any atom is 0.0264 e. The number of rotatable bonds is 18. The van der Waals surface area contributed by atoms with Crippen LogP contribution in [0.4, 0.5) is 0 Å². The summed E-state index contributed by atoms with van der Waals surface area (Å²) in [6, 6.07) is 0. The van der Waals surface area contributed by atoms with Crippen LogP contribution in [0.15, 0.2) is 0 Å². The molecule has 0 aromatic carbocycles. The maximum absolute atomic E-state index is 5.27.